The van der Waals surface area contributed by atoms with Crippen LogP contribution in [-0.2, 0) is 11.3 Å². The van der Waals surface area contributed by atoms with Gasteiger partial charge >= 0.3 is 12.1 Å². The fourth-order valence-electron chi connectivity index (χ4n) is 0.673. The minimum atomic E-state index is -5.08. The molecule has 1 heterocycles. The van der Waals surface area contributed by atoms with E-state index in [0.29, 0.717) is 5.56 Å². The smallest absolute Gasteiger partial charge is 0.475 e. The maximum Gasteiger partial charge on any atom is 0.490 e. The first kappa shape index (κ1) is 15.3. The zero-order valence-electron chi connectivity index (χ0n) is 8.13. The predicted molar refractivity (Wildman–Crippen MR) is 45.1 cm³/mol. The van der Waals surface area contributed by atoms with E-state index < -0.39 is 18.6 Å². The van der Waals surface area contributed by atoms with Crippen LogP contribution in [0.15, 0.2) is 6.20 Å². The molecule has 4 N–H and O–H groups in total. The van der Waals surface area contributed by atoms with E-state index >= 15 is 0 Å². The number of nitrogens with zero attached hydrogens (tertiary/aromatic N) is 1. The van der Waals surface area contributed by atoms with Crippen molar-refractivity contribution in [2.75, 3.05) is 0 Å². The van der Waals surface area contributed by atoms with Gasteiger partial charge in [0.15, 0.2) is 0 Å². The van der Waals surface area contributed by atoms with Gasteiger partial charge in [-0.1, -0.05) is 0 Å². The molecule has 0 spiro atoms. The van der Waals surface area contributed by atoms with Crippen LogP contribution >= 0.6 is 0 Å². The largest absolute Gasteiger partial charge is 0.490 e. The quantitative estimate of drug-likeness (QED) is 0.702. The van der Waals surface area contributed by atoms with Crippen LogP contribution < -0.4 is 5.73 Å². The molecule has 0 bridgehead atoms. The van der Waals surface area contributed by atoms with Crippen molar-refractivity contribution in [1.29, 1.82) is 0 Å². The summed E-state index contributed by atoms with van der Waals surface area (Å²) in [5, 5.41) is 12.7. The van der Waals surface area contributed by atoms with Crippen LogP contribution in [0.1, 0.15) is 17.7 Å². The Morgan fingerprint density at radius 3 is 2.24 bits per heavy atom. The Morgan fingerprint density at radius 1 is 1.53 bits per heavy atom. The van der Waals surface area contributed by atoms with Crippen LogP contribution in [0.2, 0.25) is 0 Å². The van der Waals surface area contributed by atoms with E-state index in [9.17, 15) is 22.0 Å². The van der Waals surface area contributed by atoms with E-state index in [4.69, 9.17) is 15.6 Å². The maximum atomic E-state index is 11.9. The molecule has 1 rings (SSSR count). The van der Waals surface area contributed by atoms with Crippen molar-refractivity contribution in [3.05, 3.63) is 17.5 Å². The number of aromatic amines is 1. The molecule has 0 radical (unpaired) electrons. The van der Waals surface area contributed by atoms with Gasteiger partial charge in [0.1, 0.15) is 5.69 Å². The third kappa shape index (κ3) is 5.24. The summed E-state index contributed by atoms with van der Waals surface area (Å²) in [6, 6.07) is 0. The molecular weight excluding hydrogens is 253 g/mol. The van der Waals surface area contributed by atoms with E-state index in [1.165, 1.54) is 6.20 Å². The van der Waals surface area contributed by atoms with Crippen LogP contribution in [0.4, 0.5) is 22.0 Å². The van der Waals surface area contributed by atoms with Gasteiger partial charge < -0.3 is 10.8 Å². The van der Waals surface area contributed by atoms with Crippen molar-refractivity contribution in [3.63, 3.8) is 0 Å². The second kappa shape index (κ2) is 6.13. The lowest BCUT2D eigenvalue weighted by molar-refractivity contribution is -0.192. The monoisotopic (exact) mass is 261 g/mol. The zero-order valence-corrected chi connectivity index (χ0v) is 8.13. The SMILES string of the molecule is NCc1cn[nH]c1C(F)F.O=C(O)C(F)(F)F. The molecule has 0 unspecified atom stereocenters. The van der Waals surface area contributed by atoms with E-state index in [1.54, 1.807) is 0 Å². The Labute approximate surface area is 91.4 Å². The van der Waals surface area contributed by atoms with Gasteiger partial charge in [0.05, 0.1) is 6.20 Å². The number of halogens is 5. The van der Waals surface area contributed by atoms with Crippen molar-refractivity contribution in [2.24, 2.45) is 5.73 Å². The average Bonchev–Trinajstić information content (AvgIpc) is 2.64. The molecule has 0 saturated carbocycles. The van der Waals surface area contributed by atoms with Gasteiger partial charge in [0, 0.05) is 12.1 Å². The Kier molecular flexibility index (Phi) is 5.51. The number of rotatable bonds is 2. The number of carboxylic acid groups (broad SMARTS) is 1. The van der Waals surface area contributed by atoms with E-state index in [2.05, 4.69) is 10.2 Å². The highest BCUT2D eigenvalue weighted by Gasteiger charge is 2.38. The highest BCUT2D eigenvalue weighted by Crippen LogP contribution is 2.18. The van der Waals surface area contributed by atoms with E-state index in [1.807, 2.05) is 0 Å². The van der Waals surface area contributed by atoms with Gasteiger partial charge in [-0.2, -0.15) is 18.3 Å². The summed E-state index contributed by atoms with van der Waals surface area (Å²) in [7, 11) is 0. The number of carboxylic acids is 1. The topological polar surface area (TPSA) is 92.0 Å². The zero-order chi connectivity index (χ0) is 13.6. The van der Waals surface area contributed by atoms with Crippen molar-refractivity contribution >= 4 is 5.97 Å². The standard InChI is InChI=1S/C5H7F2N3.C2HF3O2/c6-5(7)4-3(1-8)2-9-10-4;3-2(4,5)1(6)7/h2,5H,1,8H2,(H,9,10);(H,6,7). The summed E-state index contributed by atoms with van der Waals surface area (Å²) >= 11 is 0. The number of aromatic nitrogens is 2. The molecular formula is C7H8F5N3O2. The average molecular weight is 261 g/mol. The molecule has 0 atom stereocenters. The molecule has 0 aromatic carbocycles. The fraction of sp³-hybridized carbons (Fsp3) is 0.429. The lowest BCUT2D eigenvalue weighted by Gasteiger charge is -1.95. The number of hydrogen-bond acceptors (Lipinski definition) is 3. The molecule has 10 heteroatoms. The van der Waals surface area contributed by atoms with Crippen LogP contribution in [0.5, 0.6) is 0 Å². The van der Waals surface area contributed by atoms with Crippen LogP contribution in [-0.4, -0.2) is 27.4 Å². The molecule has 1 aromatic heterocycles. The number of H-pyrrole nitrogens is 1. The van der Waals surface area contributed by atoms with Crippen molar-refractivity contribution < 1.29 is 31.9 Å². The molecule has 1 aromatic rings. The number of hydrogen-bond donors (Lipinski definition) is 3. The Hall–Kier alpha value is -1.71. The summed E-state index contributed by atoms with van der Waals surface area (Å²) in [4.78, 5) is 8.90. The van der Waals surface area contributed by atoms with Crippen molar-refractivity contribution in [3.8, 4) is 0 Å². The Bertz CT molecular complexity index is 363. The van der Waals surface area contributed by atoms with Crippen LogP contribution in [0, 0.1) is 0 Å². The Morgan fingerprint density at radius 2 is 2.00 bits per heavy atom. The summed E-state index contributed by atoms with van der Waals surface area (Å²) < 4.78 is 55.6. The minimum absolute atomic E-state index is 0.0934. The summed E-state index contributed by atoms with van der Waals surface area (Å²) in [6.07, 6.45) is -6.29. The molecule has 5 nitrogen and oxygen atoms in total. The summed E-state index contributed by atoms with van der Waals surface area (Å²) in [5.41, 5.74) is 5.33. The molecule has 0 fully saturated rings. The molecule has 0 aliphatic rings. The minimum Gasteiger partial charge on any atom is -0.475 e. The molecule has 98 valence electrons. The molecule has 17 heavy (non-hydrogen) atoms. The molecule has 0 aliphatic carbocycles. The van der Waals surface area contributed by atoms with Gasteiger partial charge in [-0.05, 0) is 0 Å². The normalized spacial score (nSPS) is 11.0. The van der Waals surface area contributed by atoms with Crippen LogP contribution in [0.25, 0.3) is 0 Å². The number of aliphatic carboxylic acids is 1. The fourth-order valence-corrected chi connectivity index (χ4v) is 0.673. The van der Waals surface area contributed by atoms with E-state index in [-0.39, 0.29) is 12.2 Å². The maximum absolute atomic E-state index is 11.9. The lowest BCUT2D eigenvalue weighted by Crippen LogP contribution is -2.21. The number of alkyl halides is 5. The van der Waals surface area contributed by atoms with Gasteiger partial charge in [0.25, 0.3) is 6.43 Å². The first-order valence-electron chi connectivity index (χ1n) is 4.00. The first-order chi connectivity index (χ1) is 7.70. The second-order valence-electron chi connectivity index (χ2n) is 2.62. The number of nitrogens with one attached hydrogen (secondary N) is 1. The molecule has 0 saturated heterocycles. The highest BCUT2D eigenvalue weighted by atomic mass is 19.4. The van der Waals surface area contributed by atoms with Gasteiger partial charge in [-0.15, -0.1) is 0 Å². The van der Waals surface area contributed by atoms with Gasteiger partial charge in [0.2, 0.25) is 0 Å². The second-order valence-corrected chi connectivity index (χ2v) is 2.62. The van der Waals surface area contributed by atoms with Crippen LogP contribution in [0.3, 0.4) is 0 Å². The third-order valence-corrected chi connectivity index (χ3v) is 1.43. The van der Waals surface area contributed by atoms with E-state index in [0.717, 1.165) is 0 Å². The predicted octanol–water partition coefficient (Wildman–Crippen LogP) is 1.44. The van der Waals surface area contributed by atoms with Gasteiger partial charge in [-0.3, -0.25) is 5.10 Å². The van der Waals surface area contributed by atoms with Crippen molar-refractivity contribution in [2.45, 2.75) is 19.1 Å². The number of nitrogens with two attached hydrogens (primary N) is 1. The van der Waals surface area contributed by atoms with Gasteiger partial charge in [-0.25, -0.2) is 13.6 Å². The molecule has 0 amide bonds. The summed E-state index contributed by atoms with van der Waals surface area (Å²) in [5.74, 6) is -2.76. The number of carbonyl (C=O) groups is 1. The highest BCUT2D eigenvalue weighted by molar-refractivity contribution is 5.73. The molecule has 0 aliphatic heterocycles. The summed E-state index contributed by atoms with van der Waals surface area (Å²) in [6.45, 7) is 0.0934. The van der Waals surface area contributed by atoms with Crippen molar-refractivity contribution in [1.82, 2.24) is 10.2 Å². The lowest BCUT2D eigenvalue weighted by atomic mass is 10.2. The Balaban J connectivity index is 0.000000325. The third-order valence-electron chi connectivity index (χ3n) is 1.43. The first-order valence-corrected chi connectivity index (χ1v) is 4.00.